The average molecular weight is 373 g/mol. The molecule has 1 saturated heterocycles. The molecule has 27 heavy (non-hydrogen) atoms. The van der Waals surface area contributed by atoms with Crippen molar-refractivity contribution < 1.29 is 14.7 Å². The van der Waals surface area contributed by atoms with E-state index >= 15 is 0 Å². The highest BCUT2D eigenvalue weighted by atomic mass is 16.4. The van der Waals surface area contributed by atoms with E-state index in [1.54, 1.807) is 0 Å². The van der Waals surface area contributed by atoms with E-state index in [0.717, 1.165) is 51.7 Å². The molecule has 1 aromatic carbocycles. The van der Waals surface area contributed by atoms with Crippen LogP contribution < -0.4 is 5.32 Å². The molecule has 3 rings (SSSR count). The zero-order valence-corrected chi connectivity index (χ0v) is 16.3. The van der Waals surface area contributed by atoms with Crippen LogP contribution in [-0.2, 0) is 16.1 Å². The number of hydrogen-bond acceptors (Lipinski definition) is 3. The van der Waals surface area contributed by atoms with Crippen LogP contribution >= 0.6 is 0 Å². The second kappa shape index (κ2) is 8.87. The molecular formula is C22H32N2O3. The van der Waals surface area contributed by atoms with Gasteiger partial charge in [0.15, 0.2) is 0 Å². The van der Waals surface area contributed by atoms with Crippen LogP contribution in [0, 0.1) is 11.8 Å². The summed E-state index contributed by atoms with van der Waals surface area (Å²) in [6.07, 6.45) is 5.57. The number of amides is 1. The van der Waals surface area contributed by atoms with Gasteiger partial charge in [0.1, 0.15) is 5.54 Å². The molecule has 1 aromatic rings. The van der Waals surface area contributed by atoms with Crippen LogP contribution in [0.15, 0.2) is 30.3 Å². The van der Waals surface area contributed by atoms with Crippen LogP contribution in [0.2, 0.25) is 0 Å². The first-order chi connectivity index (χ1) is 13.0. The van der Waals surface area contributed by atoms with Gasteiger partial charge in [-0.25, -0.2) is 4.79 Å². The summed E-state index contributed by atoms with van der Waals surface area (Å²) in [7, 11) is 0. The van der Waals surface area contributed by atoms with Crippen LogP contribution in [0.3, 0.4) is 0 Å². The minimum atomic E-state index is -1.05. The molecule has 1 aliphatic carbocycles. The number of nitrogens with zero attached hydrogens (tertiary/aromatic N) is 1. The first kappa shape index (κ1) is 19.9. The van der Waals surface area contributed by atoms with E-state index in [1.165, 1.54) is 5.56 Å². The number of carbonyl (C=O) groups excluding carboxylic acids is 1. The second-order valence-corrected chi connectivity index (χ2v) is 8.26. The van der Waals surface area contributed by atoms with Crippen molar-refractivity contribution in [1.82, 2.24) is 10.2 Å². The van der Waals surface area contributed by atoms with Crippen LogP contribution in [0.1, 0.15) is 57.4 Å². The Labute approximate surface area is 162 Å². The molecule has 0 radical (unpaired) electrons. The van der Waals surface area contributed by atoms with Crippen LogP contribution in [0.25, 0.3) is 0 Å². The first-order valence-corrected chi connectivity index (χ1v) is 10.3. The lowest BCUT2D eigenvalue weighted by Crippen LogP contribution is -2.58. The summed E-state index contributed by atoms with van der Waals surface area (Å²) in [6.45, 7) is 4.82. The summed E-state index contributed by atoms with van der Waals surface area (Å²) < 4.78 is 0. The van der Waals surface area contributed by atoms with Crippen LogP contribution in [0.4, 0.5) is 0 Å². The third kappa shape index (κ3) is 4.89. The van der Waals surface area contributed by atoms with E-state index in [2.05, 4.69) is 29.3 Å². The lowest BCUT2D eigenvalue weighted by molar-refractivity contribution is -0.150. The summed E-state index contributed by atoms with van der Waals surface area (Å²) in [5, 5.41) is 12.7. The number of aliphatic carboxylic acids is 1. The number of nitrogens with one attached hydrogen (secondary N) is 1. The molecule has 0 unspecified atom stereocenters. The SMILES string of the molecule is CCC1CCC(NC(=O)C2CCN(Cc3ccccc3)CC2)(C(=O)O)CC1. The Kier molecular flexibility index (Phi) is 6.53. The van der Waals surface area contributed by atoms with E-state index in [1.807, 2.05) is 18.2 Å². The smallest absolute Gasteiger partial charge is 0.329 e. The van der Waals surface area contributed by atoms with E-state index in [-0.39, 0.29) is 11.8 Å². The van der Waals surface area contributed by atoms with Gasteiger partial charge in [0.05, 0.1) is 0 Å². The van der Waals surface area contributed by atoms with Crippen molar-refractivity contribution in [2.24, 2.45) is 11.8 Å². The fourth-order valence-corrected chi connectivity index (χ4v) is 4.50. The fourth-order valence-electron chi connectivity index (χ4n) is 4.50. The number of piperidine rings is 1. The molecular weight excluding hydrogens is 340 g/mol. The summed E-state index contributed by atoms with van der Waals surface area (Å²) in [4.78, 5) is 27.1. The Hall–Kier alpha value is -1.88. The van der Waals surface area contributed by atoms with Crippen molar-refractivity contribution in [2.75, 3.05) is 13.1 Å². The van der Waals surface area contributed by atoms with Gasteiger partial charge in [-0.2, -0.15) is 0 Å². The highest BCUT2D eigenvalue weighted by molar-refractivity contribution is 5.88. The largest absolute Gasteiger partial charge is 0.480 e. The number of carboxylic acids is 1. The summed E-state index contributed by atoms with van der Waals surface area (Å²) in [5.74, 6) is -0.411. The lowest BCUT2D eigenvalue weighted by Gasteiger charge is -2.39. The van der Waals surface area contributed by atoms with E-state index < -0.39 is 11.5 Å². The molecule has 148 valence electrons. The van der Waals surface area contributed by atoms with Gasteiger partial charge in [0.2, 0.25) is 5.91 Å². The molecule has 2 N–H and O–H groups in total. The summed E-state index contributed by atoms with van der Waals surface area (Å²) in [5.41, 5.74) is 0.238. The standard InChI is InChI=1S/C22H32N2O3/c1-2-17-8-12-22(13-9-17,21(26)27)23-20(25)19-10-14-24(15-11-19)16-18-6-4-3-5-7-18/h3-7,17,19H,2,8-16H2,1H3,(H,23,25)(H,26,27). The molecule has 0 bridgehead atoms. The van der Waals surface area contributed by atoms with E-state index in [4.69, 9.17) is 0 Å². The molecule has 1 amide bonds. The Morgan fingerprint density at radius 2 is 1.74 bits per heavy atom. The normalized spacial score (nSPS) is 27.2. The number of carbonyl (C=O) groups is 2. The van der Waals surface area contributed by atoms with Gasteiger partial charge in [-0.3, -0.25) is 9.69 Å². The molecule has 0 atom stereocenters. The zero-order chi connectivity index (χ0) is 19.3. The molecule has 5 heteroatoms. The zero-order valence-electron chi connectivity index (χ0n) is 16.3. The first-order valence-electron chi connectivity index (χ1n) is 10.3. The fraction of sp³-hybridized carbons (Fsp3) is 0.636. The molecule has 1 aliphatic heterocycles. The third-order valence-electron chi connectivity index (χ3n) is 6.52. The van der Waals surface area contributed by atoms with Crippen molar-refractivity contribution >= 4 is 11.9 Å². The van der Waals surface area contributed by atoms with Gasteiger partial charge < -0.3 is 10.4 Å². The third-order valence-corrected chi connectivity index (χ3v) is 6.52. The number of benzene rings is 1. The average Bonchev–Trinajstić information content (AvgIpc) is 2.69. The van der Waals surface area contributed by atoms with Crippen LogP contribution in [0.5, 0.6) is 0 Å². The second-order valence-electron chi connectivity index (χ2n) is 8.26. The molecule has 1 heterocycles. The Bertz CT molecular complexity index is 630. The molecule has 1 saturated carbocycles. The maximum atomic E-state index is 12.8. The van der Waals surface area contributed by atoms with Crippen LogP contribution in [-0.4, -0.2) is 40.5 Å². The number of carboxylic acid groups (broad SMARTS) is 1. The van der Waals surface area contributed by atoms with Crippen molar-refractivity contribution in [2.45, 2.75) is 64.0 Å². The number of likely N-dealkylation sites (tertiary alicyclic amines) is 1. The minimum absolute atomic E-state index is 0.0632. The highest BCUT2D eigenvalue weighted by Gasteiger charge is 2.44. The van der Waals surface area contributed by atoms with E-state index in [0.29, 0.717) is 18.8 Å². The molecule has 0 aromatic heterocycles. The lowest BCUT2D eigenvalue weighted by atomic mass is 9.75. The Balaban J connectivity index is 1.52. The van der Waals surface area contributed by atoms with Gasteiger partial charge in [0, 0.05) is 12.5 Å². The number of hydrogen-bond donors (Lipinski definition) is 2. The maximum Gasteiger partial charge on any atom is 0.329 e. The monoisotopic (exact) mass is 372 g/mol. The highest BCUT2D eigenvalue weighted by Crippen LogP contribution is 2.34. The summed E-state index contributed by atoms with van der Waals surface area (Å²) >= 11 is 0. The predicted molar refractivity (Wildman–Crippen MR) is 105 cm³/mol. The predicted octanol–water partition coefficient (Wildman–Crippen LogP) is 3.44. The topological polar surface area (TPSA) is 69.6 Å². The van der Waals surface area contributed by atoms with Crippen molar-refractivity contribution in [3.63, 3.8) is 0 Å². The molecule has 5 nitrogen and oxygen atoms in total. The quantitative estimate of drug-likeness (QED) is 0.803. The van der Waals surface area contributed by atoms with E-state index in [9.17, 15) is 14.7 Å². The molecule has 0 spiro atoms. The Morgan fingerprint density at radius 1 is 1.11 bits per heavy atom. The minimum Gasteiger partial charge on any atom is -0.480 e. The van der Waals surface area contributed by atoms with Crippen molar-refractivity contribution in [3.05, 3.63) is 35.9 Å². The van der Waals surface area contributed by atoms with Crippen molar-refractivity contribution in [1.29, 1.82) is 0 Å². The molecule has 2 aliphatic rings. The van der Waals surface area contributed by atoms with Gasteiger partial charge in [0.25, 0.3) is 0 Å². The van der Waals surface area contributed by atoms with Crippen molar-refractivity contribution in [3.8, 4) is 0 Å². The Morgan fingerprint density at radius 3 is 2.30 bits per heavy atom. The molecule has 2 fully saturated rings. The maximum absolute atomic E-state index is 12.8. The number of rotatable bonds is 6. The van der Waals surface area contributed by atoms with Gasteiger partial charge in [-0.1, -0.05) is 43.7 Å². The summed E-state index contributed by atoms with van der Waals surface area (Å²) in [6, 6.07) is 10.4. The van der Waals surface area contributed by atoms with Gasteiger partial charge >= 0.3 is 5.97 Å². The van der Waals surface area contributed by atoms with Gasteiger partial charge in [-0.05, 0) is 63.1 Å². The van der Waals surface area contributed by atoms with Gasteiger partial charge in [-0.15, -0.1) is 0 Å².